The summed E-state index contributed by atoms with van der Waals surface area (Å²) >= 11 is 5.49. The fraction of sp³-hybridized carbons (Fsp3) is 0.500. The molecule has 0 saturated heterocycles. The maximum absolute atomic E-state index is 5.58. The molecule has 0 amide bonds. The molecular formula is C12H19BrN2S. The van der Waals surface area contributed by atoms with Crippen molar-refractivity contribution in [2.45, 2.75) is 31.6 Å². The number of halogens is 1. The van der Waals surface area contributed by atoms with Crippen molar-refractivity contribution in [2.75, 3.05) is 5.75 Å². The number of hydrogen-bond donors (Lipinski definition) is 2. The van der Waals surface area contributed by atoms with Crippen LogP contribution in [-0.4, -0.2) is 17.0 Å². The fourth-order valence-corrected chi connectivity index (χ4v) is 2.68. The lowest BCUT2D eigenvalue weighted by molar-refractivity contribution is 0.574. The number of thioether (sulfide) groups is 1. The van der Waals surface area contributed by atoms with Crippen LogP contribution in [0.1, 0.15) is 19.4 Å². The summed E-state index contributed by atoms with van der Waals surface area (Å²) in [6.45, 7) is 4.41. The van der Waals surface area contributed by atoms with Crippen LogP contribution < -0.4 is 11.3 Å². The van der Waals surface area contributed by atoms with Crippen LogP contribution in [-0.2, 0) is 6.42 Å². The third-order valence-electron chi connectivity index (χ3n) is 2.29. The van der Waals surface area contributed by atoms with Gasteiger partial charge in [-0.05, 0) is 23.3 Å². The lowest BCUT2D eigenvalue weighted by atomic mass is 10.1. The molecule has 0 saturated carbocycles. The van der Waals surface area contributed by atoms with Crippen LogP contribution in [0.4, 0.5) is 0 Å². The van der Waals surface area contributed by atoms with E-state index in [0.717, 1.165) is 16.6 Å². The Kier molecular flexibility index (Phi) is 6.43. The molecule has 0 aliphatic heterocycles. The second-order valence-corrected chi connectivity index (χ2v) is 6.51. The zero-order valence-electron chi connectivity index (χ0n) is 9.74. The Bertz CT molecular complexity index is 318. The monoisotopic (exact) mass is 302 g/mol. The molecule has 0 aliphatic rings. The van der Waals surface area contributed by atoms with Gasteiger partial charge in [-0.25, -0.2) is 0 Å². The van der Waals surface area contributed by atoms with Crippen LogP contribution in [0.15, 0.2) is 28.7 Å². The summed E-state index contributed by atoms with van der Waals surface area (Å²) in [6, 6.07) is 8.61. The Balaban J connectivity index is 2.53. The van der Waals surface area contributed by atoms with Gasteiger partial charge in [0, 0.05) is 16.3 Å². The summed E-state index contributed by atoms with van der Waals surface area (Å²) < 4.78 is 1.16. The van der Waals surface area contributed by atoms with Crippen LogP contribution in [0.5, 0.6) is 0 Å². The second kappa shape index (κ2) is 7.33. The Morgan fingerprint density at radius 3 is 2.62 bits per heavy atom. The van der Waals surface area contributed by atoms with Crippen molar-refractivity contribution in [3.8, 4) is 0 Å². The van der Waals surface area contributed by atoms with E-state index >= 15 is 0 Å². The highest BCUT2D eigenvalue weighted by atomic mass is 79.9. The molecule has 0 aromatic heterocycles. The molecule has 0 radical (unpaired) electrons. The molecule has 90 valence electrons. The van der Waals surface area contributed by atoms with E-state index in [2.05, 4.69) is 53.4 Å². The summed E-state index contributed by atoms with van der Waals surface area (Å²) in [5.41, 5.74) is 4.19. The number of rotatable bonds is 6. The molecule has 4 heteroatoms. The van der Waals surface area contributed by atoms with E-state index in [1.807, 2.05) is 17.8 Å². The molecule has 0 aliphatic carbocycles. The van der Waals surface area contributed by atoms with Gasteiger partial charge in [-0.1, -0.05) is 48.0 Å². The molecule has 0 bridgehead atoms. The van der Waals surface area contributed by atoms with E-state index < -0.39 is 0 Å². The highest BCUT2D eigenvalue weighted by Crippen LogP contribution is 2.19. The minimum atomic E-state index is 0.325. The molecule has 0 spiro atoms. The minimum absolute atomic E-state index is 0.325. The van der Waals surface area contributed by atoms with E-state index in [9.17, 15) is 0 Å². The van der Waals surface area contributed by atoms with Crippen LogP contribution in [0, 0.1) is 0 Å². The van der Waals surface area contributed by atoms with E-state index in [1.165, 1.54) is 5.56 Å². The van der Waals surface area contributed by atoms with Crippen LogP contribution in [0.3, 0.4) is 0 Å². The van der Waals surface area contributed by atoms with Gasteiger partial charge < -0.3 is 0 Å². The summed E-state index contributed by atoms with van der Waals surface area (Å²) in [4.78, 5) is 0. The molecule has 1 aromatic rings. The summed E-state index contributed by atoms with van der Waals surface area (Å²) in [5, 5.41) is 0.648. The third-order valence-corrected chi connectivity index (χ3v) is 4.33. The van der Waals surface area contributed by atoms with Gasteiger partial charge >= 0.3 is 0 Å². The molecule has 16 heavy (non-hydrogen) atoms. The molecule has 1 aromatic carbocycles. The van der Waals surface area contributed by atoms with E-state index in [-0.39, 0.29) is 0 Å². The Hall–Kier alpha value is -0.0300. The number of nitrogens with one attached hydrogen (secondary N) is 1. The molecule has 0 heterocycles. The minimum Gasteiger partial charge on any atom is -0.271 e. The van der Waals surface area contributed by atoms with E-state index in [0.29, 0.717) is 11.3 Å². The lowest BCUT2D eigenvalue weighted by Gasteiger charge is -2.17. The van der Waals surface area contributed by atoms with Crippen molar-refractivity contribution in [3.05, 3.63) is 34.3 Å². The molecular weight excluding hydrogens is 284 g/mol. The van der Waals surface area contributed by atoms with E-state index in [4.69, 9.17) is 5.84 Å². The zero-order chi connectivity index (χ0) is 12.0. The number of hydrogen-bond acceptors (Lipinski definition) is 3. The summed E-state index contributed by atoms with van der Waals surface area (Å²) in [7, 11) is 0. The van der Waals surface area contributed by atoms with Gasteiger partial charge in [0.1, 0.15) is 0 Å². The summed E-state index contributed by atoms with van der Waals surface area (Å²) in [5.74, 6) is 6.62. The van der Waals surface area contributed by atoms with Crippen molar-refractivity contribution < 1.29 is 0 Å². The van der Waals surface area contributed by atoms with Gasteiger partial charge in [0.2, 0.25) is 0 Å². The van der Waals surface area contributed by atoms with Crippen LogP contribution in [0.25, 0.3) is 0 Å². The van der Waals surface area contributed by atoms with Gasteiger partial charge in [0.25, 0.3) is 0 Å². The predicted octanol–water partition coefficient (Wildman–Crippen LogP) is 2.97. The maximum Gasteiger partial charge on any atom is 0.0341 e. The molecule has 3 N–H and O–H groups in total. The van der Waals surface area contributed by atoms with Crippen molar-refractivity contribution in [1.82, 2.24) is 5.43 Å². The van der Waals surface area contributed by atoms with Gasteiger partial charge in [-0.2, -0.15) is 11.8 Å². The Morgan fingerprint density at radius 2 is 2.06 bits per heavy atom. The second-order valence-electron chi connectivity index (χ2n) is 4.04. The third kappa shape index (κ3) is 4.87. The standard InChI is InChI=1S/C12H19BrN2S/c1-9(2)16-8-11(15-14)7-10-5-3-4-6-12(10)13/h3-6,9,11,15H,7-8,14H2,1-2H3. The first-order valence-corrected chi connectivity index (χ1v) is 7.28. The first-order valence-electron chi connectivity index (χ1n) is 5.44. The number of benzene rings is 1. The van der Waals surface area contributed by atoms with Crippen molar-refractivity contribution in [3.63, 3.8) is 0 Å². The first kappa shape index (κ1) is 14.0. The number of nitrogens with two attached hydrogens (primary N) is 1. The quantitative estimate of drug-likeness (QED) is 0.627. The Labute approximate surface area is 110 Å². The first-order chi connectivity index (χ1) is 7.63. The maximum atomic E-state index is 5.58. The van der Waals surface area contributed by atoms with Crippen molar-refractivity contribution in [2.24, 2.45) is 5.84 Å². The molecule has 2 nitrogen and oxygen atoms in total. The largest absolute Gasteiger partial charge is 0.271 e. The van der Waals surface area contributed by atoms with Gasteiger partial charge in [0.15, 0.2) is 0 Å². The fourth-order valence-electron chi connectivity index (χ4n) is 1.40. The Morgan fingerprint density at radius 1 is 1.38 bits per heavy atom. The lowest BCUT2D eigenvalue weighted by Crippen LogP contribution is -2.39. The van der Waals surface area contributed by atoms with Gasteiger partial charge in [0.05, 0.1) is 0 Å². The number of hydrazine groups is 1. The van der Waals surface area contributed by atoms with Gasteiger partial charge in [-0.15, -0.1) is 0 Å². The molecule has 1 atom stereocenters. The zero-order valence-corrected chi connectivity index (χ0v) is 12.1. The summed E-state index contributed by atoms with van der Waals surface area (Å²) in [6.07, 6.45) is 0.956. The smallest absolute Gasteiger partial charge is 0.0341 e. The highest BCUT2D eigenvalue weighted by molar-refractivity contribution is 9.10. The van der Waals surface area contributed by atoms with Crippen LogP contribution >= 0.6 is 27.7 Å². The van der Waals surface area contributed by atoms with E-state index in [1.54, 1.807) is 0 Å². The van der Waals surface area contributed by atoms with Gasteiger partial charge in [-0.3, -0.25) is 11.3 Å². The molecule has 1 rings (SSSR count). The van der Waals surface area contributed by atoms with Crippen molar-refractivity contribution >= 4 is 27.7 Å². The molecule has 1 unspecified atom stereocenters. The normalized spacial score (nSPS) is 13.1. The predicted molar refractivity (Wildman–Crippen MR) is 76.6 cm³/mol. The van der Waals surface area contributed by atoms with Crippen LogP contribution in [0.2, 0.25) is 0 Å². The average molecular weight is 303 g/mol. The SMILES string of the molecule is CC(C)SCC(Cc1ccccc1Br)NN. The van der Waals surface area contributed by atoms with Crippen molar-refractivity contribution in [1.29, 1.82) is 0 Å². The highest BCUT2D eigenvalue weighted by Gasteiger charge is 2.10. The average Bonchev–Trinajstić information content (AvgIpc) is 2.26. The topological polar surface area (TPSA) is 38.0 Å². The molecule has 0 fully saturated rings.